The van der Waals surface area contributed by atoms with Crippen molar-refractivity contribution in [3.63, 3.8) is 0 Å². The first-order valence-electron chi connectivity index (χ1n) is 8.41. The molecule has 2 rings (SSSR count). The molecular formula is C18H28N2O3. The van der Waals surface area contributed by atoms with Crippen molar-refractivity contribution >= 4 is 11.6 Å². The van der Waals surface area contributed by atoms with E-state index >= 15 is 0 Å². The summed E-state index contributed by atoms with van der Waals surface area (Å²) in [5, 5.41) is 3.00. The maximum atomic E-state index is 12.4. The van der Waals surface area contributed by atoms with Gasteiger partial charge in [-0.05, 0) is 43.9 Å². The molecule has 0 aromatic heterocycles. The molecule has 1 aromatic carbocycles. The molecule has 0 aliphatic heterocycles. The van der Waals surface area contributed by atoms with Crippen molar-refractivity contribution in [2.24, 2.45) is 5.73 Å². The van der Waals surface area contributed by atoms with Gasteiger partial charge in [0.05, 0.1) is 25.4 Å². The molecule has 0 heterocycles. The second-order valence-electron chi connectivity index (χ2n) is 6.16. The van der Waals surface area contributed by atoms with Gasteiger partial charge in [-0.2, -0.15) is 0 Å². The molecule has 128 valence electrons. The topological polar surface area (TPSA) is 73.6 Å². The van der Waals surface area contributed by atoms with Gasteiger partial charge in [0.2, 0.25) is 5.91 Å². The molecule has 1 fully saturated rings. The van der Waals surface area contributed by atoms with Crippen LogP contribution in [0.2, 0.25) is 0 Å². The maximum absolute atomic E-state index is 12.4. The quantitative estimate of drug-likeness (QED) is 0.722. The zero-order chi connectivity index (χ0) is 16.7. The number of amides is 1. The molecule has 5 heteroatoms. The summed E-state index contributed by atoms with van der Waals surface area (Å²) < 4.78 is 10.9. The normalized spacial score (nSPS) is 16.5. The number of ether oxygens (including phenoxy) is 2. The van der Waals surface area contributed by atoms with Crippen LogP contribution in [0.3, 0.4) is 0 Å². The fourth-order valence-corrected chi connectivity index (χ4v) is 2.90. The highest BCUT2D eigenvalue weighted by atomic mass is 16.5. The lowest BCUT2D eigenvalue weighted by Gasteiger charge is -2.23. The van der Waals surface area contributed by atoms with E-state index in [1.807, 2.05) is 32.0 Å². The Balaban J connectivity index is 1.94. The number of benzene rings is 1. The minimum absolute atomic E-state index is 0.0764. The third-order valence-corrected chi connectivity index (χ3v) is 4.48. The van der Waals surface area contributed by atoms with E-state index in [0.29, 0.717) is 26.4 Å². The standard InChI is InChI=1S/C18H28N2O3/c1-3-22-11-12-23-13-15-7-6-8-16(14(15)2)20-17(21)18(19)9-4-5-10-18/h6-8H,3-5,9-13,19H2,1-2H3,(H,20,21). The van der Waals surface area contributed by atoms with E-state index in [-0.39, 0.29) is 5.91 Å². The predicted molar refractivity (Wildman–Crippen MR) is 91.3 cm³/mol. The summed E-state index contributed by atoms with van der Waals surface area (Å²) in [6.07, 6.45) is 3.57. The highest BCUT2D eigenvalue weighted by Gasteiger charge is 2.37. The van der Waals surface area contributed by atoms with E-state index in [0.717, 1.165) is 42.5 Å². The zero-order valence-electron chi connectivity index (χ0n) is 14.2. The second-order valence-corrected chi connectivity index (χ2v) is 6.16. The van der Waals surface area contributed by atoms with E-state index < -0.39 is 5.54 Å². The molecule has 1 aliphatic rings. The van der Waals surface area contributed by atoms with Crippen molar-refractivity contribution in [2.75, 3.05) is 25.1 Å². The lowest BCUT2D eigenvalue weighted by molar-refractivity contribution is -0.121. The predicted octanol–water partition coefficient (Wildman–Crippen LogP) is 2.76. The largest absolute Gasteiger partial charge is 0.379 e. The summed E-state index contributed by atoms with van der Waals surface area (Å²) in [6, 6.07) is 5.86. The van der Waals surface area contributed by atoms with Crippen molar-refractivity contribution in [3.8, 4) is 0 Å². The molecule has 0 unspecified atom stereocenters. The summed E-state index contributed by atoms with van der Waals surface area (Å²) in [5.74, 6) is -0.0764. The molecule has 1 aliphatic carbocycles. The molecule has 3 N–H and O–H groups in total. The van der Waals surface area contributed by atoms with Gasteiger partial charge < -0.3 is 20.5 Å². The van der Waals surface area contributed by atoms with Gasteiger partial charge in [0.1, 0.15) is 0 Å². The van der Waals surface area contributed by atoms with Crippen LogP contribution in [0.4, 0.5) is 5.69 Å². The first-order valence-corrected chi connectivity index (χ1v) is 8.41. The summed E-state index contributed by atoms with van der Waals surface area (Å²) >= 11 is 0. The van der Waals surface area contributed by atoms with Crippen LogP contribution >= 0.6 is 0 Å². The SMILES string of the molecule is CCOCCOCc1cccc(NC(=O)C2(N)CCCC2)c1C. The van der Waals surface area contributed by atoms with Crippen LogP contribution in [-0.2, 0) is 20.9 Å². The number of carbonyl (C=O) groups is 1. The van der Waals surface area contributed by atoms with Crippen molar-refractivity contribution in [1.82, 2.24) is 0 Å². The van der Waals surface area contributed by atoms with Gasteiger partial charge in [0.25, 0.3) is 0 Å². The molecule has 0 saturated heterocycles. The Morgan fingerprint density at radius 2 is 1.96 bits per heavy atom. The third kappa shape index (κ3) is 4.77. The summed E-state index contributed by atoms with van der Waals surface area (Å²) in [4.78, 5) is 12.4. The first-order chi connectivity index (χ1) is 11.1. The van der Waals surface area contributed by atoms with Crippen molar-refractivity contribution in [3.05, 3.63) is 29.3 Å². The monoisotopic (exact) mass is 320 g/mol. The number of hydrogen-bond acceptors (Lipinski definition) is 4. The minimum atomic E-state index is -0.712. The first kappa shape index (κ1) is 17.9. The number of anilines is 1. The van der Waals surface area contributed by atoms with Crippen molar-refractivity contribution in [1.29, 1.82) is 0 Å². The molecule has 23 heavy (non-hydrogen) atoms. The van der Waals surface area contributed by atoms with Crippen LogP contribution in [0.15, 0.2) is 18.2 Å². The van der Waals surface area contributed by atoms with Gasteiger partial charge in [-0.3, -0.25) is 4.79 Å². The zero-order valence-corrected chi connectivity index (χ0v) is 14.2. The number of hydrogen-bond donors (Lipinski definition) is 2. The Morgan fingerprint density at radius 1 is 1.26 bits per heavy atom. The van der Waals surface area contributed by atoms with Crippen LogP contribution in [0, 0.1) is 6.92 Å². The van der Waals surface area contributed by atoms with Crippen LogP contribution < -0.4 is 11.1 Å². The van der Waals surface area contributed by atoms with Crippen LogP contribution in [0.5, 0.6) is 0 Å². The number of rotatable bonds is 8. The Bertz CT molecular complexity index is 525. The molecule has 0 spiro atoms. The molecule has 0 radical (unpaired) electrons. The van der Waals surface area contributed by atoms with Gasteiger partial charge in [0.15, 0.2) is 0 Å². The highest BCUT2D eigenvalue weighted by molar-refractivity contribution is 5.98. The van der Waals surface area contributed by atoms with Crippen LogP contribution in [0.25, 0.3) is 0 Å². The number of carbonyl (C=O) groups excluding carboxylic acids is 1. The molecular weight excluding hydrogens is 292 g/mol. The fourth-order valence-electron chi connectivity index (χ4n) is 2.90. The van der Waals surface area contributed by atoms with E-state index in [4.69, 9.17) is 15.2 Å². The maximum Gasteiger partial charge on any atom is 0.244 e. The number of nitrogens with one attached hydrogen (secondary N) is 1. The molecule has 1 saturated carbocycles. The van der Waals surface area contributed by atoms with Crippen molar-refractivity contribution in [2.45, 2.75) is 51.7 Å². The molecule has 1 aromatic rings. The van der Waals surface area contributed by atoms with Crippen molar-refractivity contribution < 1.29 is 14.3 Å². The molecule has 1 amide bonds. The second kappa shape index (κ2) is 8.43. The highest BCUT2D eigenvalue weighted by Crippen LogP contribution is 2.29. The summed E-state index contributed by atoms with van der Waals surface area (Å²) in [7, 11) is 0. The number of nitrogens with two attached hydrogens (primary N) is 1. The fraction of sp³-hybridized carbons (Fsp3) is 0.611. The van der Waals surface area contributed by atoms with E-state index in [9.17, 15) is 4.79 Å². The third-order valence-electron chi connectivity index (χ3n) is 4.48. The summed E-state index contributed by atoms with van der Waals surface area (Å²) in [5.41, 5.74) is 8.41. The average molecular weight is 320 g/mol. The Morgan fingerprint density at radius 3 is 2.65 bits per heavy atom. The van der Waals surface area contributed by atoms with Crippen LogP contribution in [0.1, 0.15) is 43.7 Å². The molecule has 0 bridgehead atoms. The average Bonchev–Trinajstić information content (AvgIpc) is 2.98. The van der Waals surface area contributed by atoms with Gasteiger partial charge in [0, 0.05) is 12.3 Å². The minimum Gasteiger partial charge on any atom is -0.379 e. The van der Waals surface area contributed by atoms with E-state index in [2.05, 4.69) is 5.32 Å². The smallest absolute Gasteiger partial charge is 0.244 e. The Hall–Kier alpha value is -1.43. The van der Waals surface area contributed by atoms with Gasteiger partial charge in [-0.15, -0.1) is 0 Å². The summed E-state index contributed by atoms with van der Waals surface area (Å²) in [6.45, 7) is 6.33. The lowest BCUT2D eigenvalue weighted by Crippen LogP contribution is -2.48. The van der Waals surface area contributed by atoms with Gasteiger partial charge >= 0.3 is 0 Å². The Labute approximate surface area is 138 Å². The molecule has 5 nitrogen and oxygen atoms in total. The van der Waals surface area contributed by atoms with Gasteiger partial charge in [-0.1, -0.05) is 25.0 Å². The van der Waals surface area contributed by atoms with E-state index in [1.165, 1.54) is 0 Å². The molecule has 0 atom stereocenters. The van der Waals surface area contributed by atoms with Crippen LogP contribution in [-0.4, -0.2) is 31.3 Å². The lowest BCUT2D eigenvalue weighted by atomic mass is 9.97. The van der Waals surface area contributed by atoms with Gasteiger partial charge in [-0.25, -0.2) is 0 Å². The Kier molecular flexibility index (Phi) is 6.57. The van der Waals surface area contributed by atoms with E-state index in [1.54, 1.807) is 0 Å².